The fraction of sp³-hybridized carbons (Fsp3) is 0.0625. The average molecular weight is 285 g/mol. The zero-order chi connectivity index (χ0) is 13.9. The Hall–Kier alpha value is -2.26. The third-order valence-corrected chi connectivity index (χ3v) is 3.40. The van der Waals surface area contributed by atoms with E-state index < -0.39 is 0 Å². The van der Waals surface area contributed by atoms with Crippen molar-refractivity contribution in [2.24, 2.45) is 0 Å². The van der Waals surface area contributed by atoms with Crippen molar-refractivity contribution in [3.05, 3.63) is 59.8 Å². The summed E-state index contributed by atoms with van der Waals surface area (Å²) in [5, 5.41) is 5.02. The summed E-state index contributed by atoms with van der Waals surface area (Å²) in [7, 11) is 1.65. The van der Waals surface area contributed by atoms with Crippen LogP contribution in [0.5, 0.6) is 5.75 Å². The molecule has 1 heterocycles. The van der Waals surface area contributed by atoms with Gasteiger partial charge in [0.25, 0.3) is 0 Å². The molecule has 1 N–H and O–H groups in total. The molecule has 1 aromatic heterocycles. The highest BCUT2D eigenvalue weighted by Crippen LogP contribution is 2.29. The lowest BCUT2D eigenvalue weighted by molar-refractivity contribution is 0.415. The first-order valence-electron chi connectivity index (χ1n) is 6.22. The second-order valence-electron chi connectivity index (χ2n) is 4.35. The van der Waals surface area contributed by atoms with E-state index in [4.69, 9.17) is 16.3 Å². The lowest BCUT2D eigenvalue weighted by atomic mass is 10.2. The second-order valence-corrected chi connectivity index (χ2v) is 4.76. The van der Waals surface area contributed by atoms with Gasteiger partial charge in [0.05, 0.1) is 17.6 Å². The minimum absolute atomic E-state index is 0.654. The minimum Gasteiger partial charge on any atom is -0.497 e. The normalized spacial score (nSPS) is 10.5. The zero-order valence-electron chi connectivity index (χ0n) is 10.9. The molecule has 100 valence electrons. The van der Waals surface area contributed by atoms with Gasteiger partial charge < -0.3 is 10.1 Å². The van der Waals surface area contributed by atoms with E-state index in [0.717, 1.165) is 28.0 Å². The number of pyridine rings is 1. The van der Waals surface area contributed by atoms with Crippen molar-refractivity contribution in [2.45, 2.75) is 0 Å². The number of hydrogen-bond acceptors (Lipinski definition) is 3. The van der Waals surface area contributed by atoms with Gasteiger partial charge in [-0.3, -0.25) is 4.98 Å². The summed E-state index contributed by atoms with van der Waals surface area (Å²) in [6, 6.07) is 15.5. The molecule has 0 unspecified atom stereocenters. The Morgan fingerprint density at radius 1 is 1.05 bits per heavy atom. The van der Waals surface area contributed by atoms with Gasteiger partial charge in [-0.1, -0.05) is 23.7 Å². The first kappa shape index (κ1) is 12.8. The number of aromatic nitrogens is 1. The van der Waals surface area contributed by atoms with Crippen molar-refractivity contribution in [1.29, 1.82) is 0 Å². The summed E-state index contributed by atoms with van der Waals surface area (Å²) in [6.07, 6.45) is 1.75. The third kappa shape index (κ3) is 2.40. The van der Waals surface area contributed by atoms with E-state index >= 15 is 0 Å². The fourth-order valence-electron chi connectivity index (χ4n) is 2.08. The average Bonchev–Trinajstić information content (AvgIpc) is 2.49. The van der Waals surface area contributed by atoms with E-state index in [0.29, 0.717) is 5.02 Å². The van der Waals surface area contributed by atoms with Crippen LogP contribution in [0.15, 0.2) is 54.7 Å². The molecular formula is C16H13ClN2O. The first-order chi connectivity index (χ1) is 9.78. The summed E-state index contributed by atoms with van der Waals surface area (Å²) < 4.78 is 5.15. The van der Waals surface area contributed by atoms with Crippen molar-refractivity contribution in [2.75, 3.05) is 12.4 Å². The van der Waals surface area contributed by atoms with Crippen molar-refractivity contribution in [3.8, 4) is 5.75 Å². The zero-order valence-corrected chi connectivity index (χ0v) is 11.7. The predicted octanol–water partition coefficient (Wildman–Crippen LogP) is 4.64. The molecule has 3 rings (SSSR count). The van der Waals surface area contributed by atoms with Crippen LogP contribution in [0.1, 0.15) is 0 Å². The smallest absolute Gasteiger partial charge is 0.119 e. The SMILES string of the molecule is COc1ccc(Nc2ccnc3c(Cl)cccc23)cc1. The summed E-state index contributed by atoms with van der Waals surface area (Å²) in [4.78, 5) is 4.32. The number of fused-ring (bicyclic) bond motifs is 1. The van der Waals surface area contributed by atoms with Gasteiger partial charge in [-0.15, -0.1) is 0 Å². The van der Waals surface area contributed by atoms with Gasteiger partial charge in [0.2, 0.25) is 0 Å². The molecular weight excluding hydrogens is 272 g/mol. The molecule has 3 aromatic rings. The number of nitrogens with one attached hydrogen (secondary N) is 1. The fourth-order valence-corrected chi connectivity index (χ4v) is 2.30. The number of benzene rings is 2. The van der Waals surface area contributed by atoms with E-state index in [1.165, 1.54) is 0 Å². The molecule has 0 amide bonds. The van der Waals surface area contributed by atoms with Crippen molar-refractivity contribution in [1.82, 2.24) is 4.98 Å². The maximum Gasteiger partial charge on any atom is 0.119 e. The van der Waals surface area contributed by atoms with Gasteiger partial charge in [0.15, 0.2) is 0 Å². The molecule has 2 aromatic carbocycles. The Balaban J connectivity index is 1.99. The van der Waals surface area contributed by atoms with Crippen LogP contribution in [-0.4, -0.2) is 12.1 Å². The minimum atomic E-state index is 0.654. The number of halogens is 1. The molecule has 3 nitrogen and oxygen atoms in total. The van der Waals surface area contributed by atoms with E-state index in [1.54, 1.807) is 13.3 Å². The van der Waals surface area contributed by atoms with Crippen LogP contribution in [0.25, 0.3) is 10.9 Å². The molecule has 0 saturated heterocycles. The molecule has 4 heteroatoms. The maximum absolute atomic E-state index is 6.16. The van der Waals surface area contributed by atoms with Crippen molar-refractivity contribution < 1.29 is 4.74 Å². The van der Waals surface area contributed by atoms with Gasteiger partial charge in [0.1, 0.15) is 5.75 Å². The molecule has 20 heavy (non-hydrogen) atoms. The van der Waals surface area contributed by atoms with Gasteiger partial charge in [-0.25, -0.2) is 0 Å². The summed E-state index contributed by atoms with van der Waals surface area (Å²) >= 11 is 6.16. The number of methoxy groups -OCH3 is 1. The van der Waals surface area contributed by atoms with Crippen LogP contribution >= 0.6 is 11.6 Å². The number of hydrogen-bond donors (Lipinski definition) is 1. The highest BCUT2D eigenvalue weighted by Gasteiger charge is 2.05. The van der Waals surface area contributed by atoms with E-state index in [9.17, 15) is 0 Å². The maximum atomic E-state index is 6.16. The molecule has 0 saturated carbocycles. The quantitative estimate of drug-likeness (QED) is 0.761. The number of para-hydroxylation sites is 1. The largest absolute Gasteiger partial charge is 0.497 e. The number of nitrogens with zero attached hydrogens (tertiary/aromatic N) is 1. The molecule has 0 aliphatic rings. The summed E-state index contributed by atoms with van der Waals surface area (Å²) in [5.74, 6) is 0.832. The molecule has 0 radical (unpaired) electrons. The monoisotopic (exact) mass is 284 g/mol. The lowest BCUT2D eigenvalue weighted by Gasteiger charge is -2.10. The summed E-state index contributed by atoms with van der Waals surface area (Å²) in [6.45, 7) is 0. The van der Waals surface area contributed by atoms with E-state index in [2.05, 4.69) is 10.3 Å². The predicted molar refractivity (Wildman–Crippen MR) is 83.0 cm³/mol. The molecule has 0 fully saturated rings. The van der Waals surface area contributed by atoms with Crippen molar-refractivity contribution >= 4 is 33.9 Å². The van der Waals surface area contributed by atoms with Crippen molar-refractivity contribution in [3.63, 3.8) is 0 Å². The molecule has 0 aliphatic heterocycles. The van der Waals surface area contributed by atoms with Gasteiger partial charge in [0, 0.05) is 23.0 Å². The van der Waals surface area contributed by atoms with E-state index in [-0.39, 0.29) is 0 Å². The standard InChI is InChI=1S/C16H13ClN2O/c1-20-12-7-5-11(6-8-12)19-15-9-10-18-16-13(15)3-2-4-14(16)17/h2-10H,1H3,(H,18,19). The molecule has 0 atom stereocenters. The Morgan fingerprint density at radius 2 is 1.85 bits per heavy atom. The highest BCUT2D eigenvalue weighted by atomic mass is 35.5. The van der Waals surface area contributed by atoms with Gasteiger partial charge in [-0.05, 0) is 36.4 Å². The molecule has 0 bridgehead atoms. The Kier molecular flexibility index (Phi) is 3.44. The van der Waals surface area contributed by atoms with Gasteiger partial charge >= 0.3 is 0 Å². The van der Waals surface area contributed by atoms with Crippen LogP contribution in [0, 0.1) is 0 Å². The second kappa shape index (κ2) is 5.39. The third-order valence-electron chi connectivity index (χ3n) is 3.09. The topological polar surface area (TPSA) is 34.1 Å². The summed E-state index contributed by atoms with van der Waals surface area (Å²) in [5.41, 5.74) is 2.76. The Morgan fingerprint density at radius 3 is 2.60 bits per heavy atom. The van der Waals surface area contributed by atoms with Crippen LogP contribution < -0.4 is 10.1 Å². The van der Waals surface area contributed by atoms with Crippen LogP contribution in [-0.2, 0) is 0 Å². The number of anilines is 2. The lowest BCUT2D eigenvalue weighted by Crippen LogP contribution is -1.93. The van der Waals surface area contributed by atoms with Gasteiger partial charge in [-0.2, -0.15) is 0 Å². The molecule has 0 aliphatic carbocycles. The van der Waals surface area contributed by atoms with Crippen LogP contribution in [0.4, 0.5) is 11.4 Å². The number of rotatable bonds is 3. The van der Waals surface area contributed by atoms with Crippen LogP contribution in [0.3, 0.4) is 0 Å². The highest BCUT2D eigenvalue weighted by molar-refractivity contribution is 6.35. The Labute approximate surface area is 122 Å². The number of ether oxygens (including phenoxy) is 1. The Bertz CT molecular complexity index is 741. The molecule has 0 spiro atoms. The van der Waals surface area contributed by atoms with E-state index in [1.807, 2.05) is 48.5 Å². The first-order valence-corrected chi connectivity index (χ1v) is 6.60. The van der Waals surface area contributed by atoms with Crippen LogP contribution in [0.2, 0.25) is 5.02 Å².